The first-order valence-corrected chi connectivity index (χ1v) is 7.95. The van der Waals surface area contributed by atoms with Crippen LogP contribution in [0.1, 0.15) is 43.9 Å². The Morgan fingerprint density at radius 3 is 2.04 bits per heavy atom. The maximum absolute atomic E-state index is 12.8. The molecule has 0 N–H and O–H groups in total. The summed E-state index contributed by atoms with van der Waals surface area (Å²) >= 11 is 0. The SMILES string of the molecule is COc1ccc(C2C(=O)N(C(C)(C)C)C2c2ccccc2)cc1. The molecule has 3 nitrogen and oxygen atoms in total. The second kappa shape index (κ2) is 5.73. The van der Waals surface area contributed by atoms with E-state index < -0.39 is 0 Å². The van der Waals surface area contributed by atoms with Crippen LogP contribution in [0.15, 0.2) is 54.6 Å². The van der Waals surface area contributed by atoms with Gasteiger partial charge in [0.05, 0.1) is 19.1 Å². The van der Waals surface area contributed by atoms with E-state index in [0.717, 1.165) is 11.3 Å². The number of ether oxygens (including phenoxy) is 1. The molecule has 0 aromatic heterocycles. The zero-order valence-electron chi connectivity index (χ0n) is 14.1. The normalized spacial score (nSPS) is 21.0. The van der Waals surface area contributed by atoms with E-state index in [1.807, 2.05) is 47.4 Å². The highest BCUT2D eigenvalue weighted by atomic mass is 16.5. The molecule has 23 heavy (non-hydrogen) atoms. The van der Waals surface area contributed by atoms with E-state index in [1.54, 1.807) is 7.11 Å². The van der Waals surface area contributed by atoms with Gasteiger partial charge in [-0.15, -0.1) is 0 Å². The van der Waals surface area contributed by atoms with Crippen molar-refractivity contribution in [2.75, 3.05) is 7.11 Å². The molecule has 3 rings (SSSR count). The molecule has 120 valence electrons. The van der Waals surface area contributed by atoms with Gasteiger partial charge >= 0.3 is 0 Å². The Morgan fingerprint density at radius 1 is 0.913 bits per heavy atom. The Balaban J connectivity index is 1.99. The summed E-state index contributed by atoms with van der Waals surface area (Å²) in [5.41, 5.74) is 2.04. The van der Waals surface area contributed by atoms with E-state index in [4.69, 9.17) is 4.74 Å². The summed E-state index contributed by atoms with van der Waals surface area (Å²) in [5.74, 6) is 0.878. The Hall–Kier alpha value is -2.29. The lowest BCUT2D eigenvalue weighted by Gasteiger charge is -2.54. The van der Waals surface area contributed by atoms with Crippen molar-refractivity contribution in [2.24, 2.45) is 0 Å². The quantitative estimate of drug-likeness (QED) is 0.797. The van der Waals surface area contributed by atoms with Gasteiger partial charge in [-0.1, -0.05) is 42.5 Å². The first-order chi connectivity index (χ1) is 10.9. The van der Waals surface area contributed by atoms with Crippen molar-refractivity contribution < 1.29 is 9.53 Å². The summed E-state index contributed by atoms with van der Waals surface area (Å²) in [4.78, 5) is 14.8. The number of carbonyl (C=O) groups is 1. The van der Waals surface area contributed by atoms with Crippen molar-refractivity contribution in [3.8, 4) is 5.75 Å². The zero-order valence-corrected chi connectivity index (χ0v) is 14.1. The number of β-lactam (4-membered cyclic amide) rings is 1. The third-order valence-corrected chi connectivity index (χ3v) is 4.44. The van der Waals surface area contributed by atoms with Crippen molar-refractivity contribution in [2.45, 2.75) is 38.3 Å². The Labute approximate surface area is 137 Å². The van der Waals surface area contributed by atoms with E-state index in [0.29, 0.717) is 0 Å². The molecule has 0 radical (unpaired) electrons. The molecule has 0 aliphatic carbocycles. The summed E-state index contributed by atoms with van der Waals surface area (Å²) in [6.07, 6.45) is 0. The molecule has 1 fully saturated rings. The summed E-state index contributed by atoms with van der Waals surface area (Å²) in [6, 6.07) is 18.2. The third kappa shape index (κ3) is 2.72. The van der Waals surface area contributed by atoms with Gasteiger partial charge < -0.3 is 9.64 Å². The van der Waals surface area contributed by atoms with Crippen molar-refractivity contribution in [1.82, 2.24) is 4.90 Å². The molecule has 1 saturated heterocycles. The maximum atomic E-state index is 12.8. The van der Waals surface area contributed by atoms with Gasteiger partial charge in [0.1, 0.15) is 5.75 Å². The highest BCUT2D eigenvalue weighted by Gasteiger charge is 2.52. The summed E-state index contributed by atoms with van der Waals surface area (Å²) in [7, 11) is 1.65. The second-order valence-corrected chi connectivity index (χ2v) is 6.99. The average Bonchev–Trinajstić information content (AvgIpc) is 2.52. The molecule has 0 spiro atoms. The minimum atomic E-state index is -0.194. The number of amides is 1. The molecule has 3 heteroatoms. The summed E-state index contributed by atoms with van der Waals surface area (Å²) < 4.78 is 5.22. The number of hydrogen-bond acceptors (Lipinski definition) is 2. The number of benzene rings is 2. The van der Waals surface area contributed by atoms with Crippen molar-refractivity contribution in [3.05, 3.63) is 65.7 Å². The van der Waals surface area contributed by atoms with Crippen LogP contribution in [-0.2, 0) is 4.79 Å². The lowest BCUT2D eigenvalue weighted by Crippen LogP contribution is -2.60. The van der Waals surface area contributed by atoms with Crippen LogP contribution in [0.5, 0.6) is 5.75 Å². The highest BCUT2D eigenvalue weighted by molar-refractivity contribution is 5.92. The number of likely N-dealkylation sites (tertiary alicyclic amines) is 1. The molecule has 2 atom stereocenters. The van der Waals surface area contributed by atoms with Crippen LogP contribution in [0, 0.1) is 0 Å². The lowest BCUT2D eigenvalue weighted by molar-refractivity contribution is -0.159. The molecule has 1 aliphatic rings. The molecular weight excluding hydrogens is 286 g/mol. The summed E-state index contributed by atoms with van der Waals surface area (Å²) in [6.45, 7) is 6.27. The number of nitrogens with zero attached hydrogens (tertiary/aromatic N) is 1. The van der Waals surface area contributed by atoms with E-state index in [-0.39, 0.29) is 23.4 Å². The first-order valence-electron chi connectivity index (χ1n) is 7.95. The van der Waals surface area contributed by atoms with Crippen LogP contribution < -0.4 is 4.74 Å². The average molecular weight is 309 g/mol. The van der Waals surface area contributed by atoms with Gasteiger partial charge in [-0.25, -0.2) is 0 Å². The van der Waals surface area contributed by atoms with Crippen molar-refractivity contribution in [3.63, 3.8) is 0 Å². The van der Waals surface area contributed by atoms with Gasteiger partial charge in [-0.05, 0) is 44.0 Å². The lowest BCUT2D eigenvalue weighted by atomic mass is 9.75. The van der Waals surface area contributed by atoms with E-state index in [1.165, 1.54) is 5.56 Å². The van der Waals surface area contributed by atoms with Crippen molar-refractivity contribution in [1.29, 1.82) is 0 Å². The van der Waals surface area contributed by atoms with Gasteiger partial charge in [-0.3, -0.25) is 4.79 Å². The first kappa shape index (κ1) is 15.6. The molecule has 0 saturated carbocycles. The van der Waals surface area contributed by atoms with Crippen molar-refractivity contribution >= 4 is 5.91 Å². The third-order valence-electron chi connectivity index (χ3n) is 4.44. The van der Waals surface area contributed by atoms with Crippen LogP contribution >= 0.6 is 0 Å². The van der Waals surface area contributed by atoms with Crippen LogP contribution in [-0.4, -0.2) is 23.5 Å². The zero-order chi connectivity index (χ0) is 16.6. The molecule has 2 unspecified atom stereocenters. The Kier molecular flexibility index (Phi) is 3.88. The molecule has 1 amide bonds. The number of methoxy groups -OCH3 is 1. The van der Waals surface area contributed by atoms with Gasteiger partial charge in [0, 0.05) is 5.54 Å². The van der Waals surface area contributed by atoms with E-state index in [2.05, 4.69) is 32.9 Å². The molecule has 0 bridgehead atoms. The number of carbonyl (C=O) groups excluding carboxylic acids is 1. The monoisotopic (exact) mass is 309 g/mol. The van der Waals surface area contributed by atoms with Crippen LogP contribution in [0.3, 0.4) is 0 Å². The van der Waals surface area contributed by atoms with Gasteiger partial charge in [0.15, 0.2) is 0 Å². The molecular formula is C20H23NO2. The topological polar surface area (TPSA) is 29.5 Å². The predicted molar refractivity (Wildman–Crippen MR) is 91.5 cm³/mol. The minimum Gasteiger partial charge on any atom is -0.497 e. The standard InChI is InChI=1S/C20H23NO2/c1-20(2,3)21-18(15-8-6-5-7-9-15)17(19(21)22)14-10-12-16(23-4)13-11-14/h5-13,17-18H,1-4H3. The molecule has 2 aromatic carbocycles. The fraction of sp³-hybridized carbons (Fsp3) is 0.350. The smallest absolute Gasteiger partial charge is 0.233 e. The summed E-state index contributed by atoms with van der Waals surface area (Å²) in [5, 5.41) is 0. The maximum Gasteiger partial charge on any atom is 0.233 e. The van der Waals surface area contributed by atoms with Gasteiger partial charge in [0.2, 0.25) is 5.91 Å². The molecule has 1 heterocycles. The van der Waals surface area contributed by atoms with E-state index in [9.17, 15) is 4.79 Å². The van der Waals surface area contributed by atoms with Crippen LogP contribution in [0.4, 0.5) is 0 Å². The van der Waals surface area contributed by atoms with Crippen LogP contribution in [0.25, 0.3) is 0 Å². The minimum absolute atomic E-state index is 0.0806. The molecule has 2 aromatic rings. The fourth-order valence-electron chi connectivity index (χ4n) is 3.36. The second-order valence-electron chi connectivity index (χ2n) is 6.99. The largest absolute Gasteiger partial charge is 0.497 e. The highest BCUT2D eigenvalue weighted by Crippen LogP contribution is 2.50. The fourth-order valence-corrected chi connectivity index (χ4v) is 3.36. The molecule has 1 aliphatic heterocycles. The van der Waals surface area contributed by atoms with Gasteiger partial charge in [-0.2, -0.15) is 0 Å². The van der Waals surface area contributed by atoms with E-state index >= 15 is 0 Å². The van der Waals surface area contributed by atoms with Gasteiger partial charge in [0.25, 0.3) is 0 Å². The number of rotatable bonds is 3. The predicted octanol–water partition coefficient (Wildman–Crippen LogP) is 4.16. The Bertz CT molecular complexity index is 686. The number of hydrogen-bond donors (Lipinski definition) is 0. The van der Waals surface area contributed by atoms with Crippen LogP contribution in [0.2, 0.25) is 0 Å². The Morgan fingerprint density at radius 2 is 1.52 bits per heavy atom.